The minimum Gasteiger partial charge on any atom is -0.437 e. The zero-order valence-corrected chi connectivity index (χ0v) is 15.8. The summed E-state index contributed by atoms with van der Waals surface area (Å²) in [5.74, 6) is 1.57. The van der Waals surface area contributed by atoms with Crippen LogP contribution in [-0.4, -0.2) is 16.5 Å². The van der Waals surface area contributed by atoms with Gasteiger partial charge in [-0.05, 0) is 62.2 Å². The van der Waals surface area contributed by atoms with Crippen molar-refractivity contribution in [1.82, 2.24) is 9.97 Å². The quantitative estimate of drug-likeness (QED) is 0.663. The third kappa shape index (κ3) is 3.73. The number of benzene rings is 2. The standard InChI is InChI=1S/C20H21ClN4O/c1-4-25(15-7-5-6-13(2)10-15)19-18(22)20(24-12-23-19)26-16-8-9-17(21)14(3)11-16/h5-12H,4,22H2,1-3H3. The van der Waals surface area contributed by atoms with Gasteiger partial charge in [0.15, 0.2) is 5.82 Å². The Morgan fingerprint density at radius 2 is 1.92 bits per heavy atom. The van der Waals surface area contributed by atoms with Crippen molar-refractivity contribution in [3.8, 4) is 11.6 Å². The Morgan fingerprint density at radius 1 is 1.12 bits per heavy atom. The van der Waals surface area contributed by atoms with Gasteiger partial charge in [0.05, 0.1) is 0 Å². The van der Waals surface area contributed by atoms with Crippen LogP contribution in [0.4, 0.5) is 17.2 Å². The van der Waals surface area contributed by atoms with Gasteiger partial charge in [0, 0.05) is 17.3 Å². The van der Waals surface area contributed by atoms with Crippen LogP contribution in [-0.2, 0) is 0 Å². The highest BCUT2D eigenvalue weighted by atomic mass is 35.5. The van der Waals surface area contributed by atoms with Crippen LogP contribution in [0.1, 0.15) is 18.1 Å². The summed E-state index contributed by atoms with van der Waals surface area (Å²) in [7, 11) is 0. The van der Waals surface area contributed by atoms with E-state index in [0.717, 1.165) is 11.3 Å². The van der Waals surface area contributed by atoms with Crippen LogP contribution in [0.25, 0.3) is 0 Å². The molecule has 0 aliphatic carbocycles. The first-order chi connectivity index (χ1) is 12.5. The van der Waals surface area contributed by atoms with Crippen LogP contribution in [0, 0.1) is 13.8 Å². The Bertz CT molecular complexity index is 929. The van der Waals surface area contributed by atoms with Crippen molar-refractivity contribution in [2.75, 3.05) is 17.2 Å². The molecule has 0 amide bonds. The molecule has 3 rings (SSSR count). The van der Waals surface area contributed by atoms with Crippen LogP contribution < -0.4 is 15.4 Å². The molecular formula is C20H21ClN4O. The summed E-state index contributed by atoms with van der Waals surface area (Å²) >= 11 is 6.07. The molecule has 134 valence electrons. The highest BCUT2D eigenvalue weighted by Gasteiger charge is 2.17. The summed E-state index contributed by atoms with van der Waals surface area (Å²) in [6, 6.07) is 13.6. The molecule has 26 heavy (non-hydrogen) atoms. The molecule has 0 bridgehead atoms. The van der Waals surface area contributed by atoms with E-state index < -0.39 is 0 Å². The first-order valence-corrected chi connectivity index (χ1v) is 8.76. The zero-order chi connectivity index (χ0) is 18.7. The van der Waals surface area contributed by atoms with Crippen molar-refractivity contribution < 1.29 is 4.74 Å². The van der Waals surface area contributed by atoms with Gasteiger partial charge in [-0.3, -0.25) is 0 Å². The number of hydrogen-bond acceptors (Lipinski definition) is 5. The number of rotatable bonds is 5. The largest absolute Gasteiger partial charge is 0.437 e. The lowest BCUT2D eigenvalue weighted by Crippen LogP contribution is -2.19. The van der Waals surface area contributed by atoms with E-state index in [4.69, 9.17) is 22.1 Å². The number of halogens is 1. The predicted molar refractivity (Wildman–Crippen MR) is 107 cm³/mol. The van der Waals surface area contributed by atoms with Gasteiger partial charge in [-0.25, -0.2) is 4.98 Å². The van der Waals surface area contributed by atoms with Crippen molar-refractivity contribution in [3.63, 3.8) is 0 Å². The second kappa shape index (κ2) is 7.62. The SMILES string of the molecule is CCN(c1cccc(C)c1)c1ncnc(Oc2ccc(Cl)c(C)c2)c1N. The van der Waals surface area contributed by atoms with E-state index in [0.29, 0.717) is 34.7 Å². The maximum atomic E-state index is 6.33. The number of ether oxygens (including phenoxy) is 1. The topological polar surface area (TPSA) is 64.3 Å². The Labute approximate surface area is 158 Å². The summed E-state index contributed by atoms with van der Waals surface area (Å²) in [6.07, 6.45) is 1.46. The number of aryl methyl sites for hydroxylation is 2. The van der Waals surface area contributed by atoms with E-state index in [2.05, 4.69) is 29.0 Å². The average molecular weight is 369 g/mol. The average Bonchev–Trinajstić information content (AvgIpc) is 2.62. The van der Waals surface area contributed by atoms with Crippen molar-refractivity contribution in [2.45, 2.75) is 20.8 Å². The number of nitrogens with zero attached hydrogens (tertiary/aromatic N) is 3. The van der Waals surface area contributed by atoms with Crippen LogP contribution in [0.2, 0.25) is 5.02 Å². The van der Waals surface area contributed by atoms with Gasteiger partial charge >= 0.3 is 0 Å². The van der Waals surface area contributed by atoms with Gasteiger partial charge in [-0.1, -0.05) is 23.7 Å². The van der Waals surface area contributed by atoms with Gasteiger partial charge in [0.25, 0.3) is 0 Å². The first-order valence-electron chi connectivity index (χ1n) is 8.38. The highest BCUT2D eigenvalue weighted by Crippen LogP contribution is 2.35. The van der Waals surface area contributed by atoms with Crippen molar-refractivity contribution >= 4 is 28.8 Å². The van der Waals surface area contributed by atoms with E-state index in [1.54, 1.807) is 12.1 Å². The summed E-state index contributed by atoms with van der Waals surface area (Å²) in [6.45, 7) is 6.73. The fourth-order valence-electron chi connectivity index (χ4n) is 2.71. The Morgan fingerprint density at radius 3 is 2.62 bits per heavy atom. The Kier molecular flexibility index (Phi) is 5.28. The third-order valence-corrected chi connectivity index (χ3v) is 4.48. The maximum Gasteiger partial charge on any atom is 0.248 e. The van der Waals surface area contributed by atoms with Crippen LogP contribution in [0.5, 0.6) is 11.6 Å². The van der Waals surface area contributed by atoms with Crippen LogP contribution in [0.3, 0.4) is 0 Å². The van der Waals surface area contributed by atoms with E-state index in [1.165, 1.54) is 11.9 Å². The molecule has 0 unspecified atom stereocenters. The minimum atomic E-state index is 0.322. The van der Waals surface area contributed by atoms with Crippen LogP contribution in [0.15, 0.2) is 48.8 Å². The maximum absolute atomic E-state index is 6.33. The summed E-state index contributed by atoms with van der Waals surface area (Å²) in [4.78, 5) is 10.6. The lowest BCUT2D eigenvalue weighted by atomic mass is 10.2. The number of nitrogen functional groups attached to an aromatic ring is 1. The molecular weight excluding hydrogens is 348 g/mol. The van der Waals surface area contributed by atoms with Crippen molar-refractivity contribution in [1.29, 1.82) is 0 Å². The molecule has 0 fully saturated rings. The molecule has 2 N–H and O–H groups in total. The van der Waals surface area contributed by atoms with Gasteiger partial charge < -0.3 is 15.4 Å². The normalized spacial score (nSPS) is 10.6. The van der Waals surface area contributed by atoms with Gasteiger partial charge in [0.2, 0.25) is 5.88 Å². The minimum absolute atomic E-state index is 0.322. The molecule has 1 heterocycles. The molecule has 6 heteroatoms. The van der Waals surface area contributed by atoms with E-state index in [-0.39, 0.29) is 0 Å². The first kappa shape index (κ1) is 18.0. The summed E-state index contributed by atoms with van der Waals surface area (Å²) in [5.41, 5.74) is 9.84. The smallest absolute Gasteiger partial charge is 0.248 e. The predicted octanol–water partition coefficient (Wildman–Crippen LogP) is 5.28. The van der Waals surface area contributed by atoms with E-state index >= 15 is 0 Å². The van der Waals surface area contributed by atoms with Crippen molar-refractivity contribution in [2.24, 2.45) is 0 Å². The zero-order valence-electron chi connectivity index (χ0n) is 15.0. The molecule has 0 radical (unpaired) electrons. The number of hydrogen-bond donors (Lipinski definition) is 1. The molecule has 1 aromatic heterocycles. The molecule has 3 aromatic rings. The lowest BCUT2D eigenvalue weighted by Gasteiger charge is -2.24. The fraction of sp³-hybridized carbons (Fsp3) is 0.200. The molecule has 0 spiro atoms. The summed E-state index contributed by atoms with van der Waals surface area (Å²) in [5, 5.41) is 0.685. The molecule has 0 aliphatic heterocycles. The van der Waals surface area contributed by atoms with E-state index in [9.17, 15) is 0 Å². The second-order valence-electron chi connectivity index (χ2n) is 6.01. The van der Waals surface area contributed by atoms with Gasteiger partial charge in [-0.2, -0.15) is 4.98 Å². The van der Waals surface area contributed by atoms with Crippen LogP contribution >= 0.6 is 11.6 Å². The second-order valence-corrected chi connectivity index (χ2v) is 6.42. The monoisotopic (exact) mass is 368 g/mol. The molecule has 0 saturated carbocycles. The third-order valence-electron chi connectivity index (χ3n) is 4.06. The number of anilines is 3. The van der Waals surface area contributed by atoms with E-state index in [1.807, 2.05) is 36.9 Å². The lowest BCUT2D eigenvalue weighted by molar-refractivity contribution is 0.464. The molecule has 5 nitrogen and oxygen atoms in total. The van der Waals surface area contributed by atoms with Crippen molar-refractivity contribution in [3.05, 3.63) is 64.9 Å². The highest BCUT2D eigenvalue weighted by molar-refractivity contribution is 6.31. The molecule has 0 saturated heterocycles. The molecule has 0 aliphatic rings. The fourth-order valence-corrected chi connectivity index (χ4v) is 2.83. The molecule has 2 aromatic carbocycles. The molecule has 0 atom stereocenters. The Hall–Kier alpha value is -2.79. The van der Waals surface area contributed by atoms with Gasteiger partial charge in [-0.15, -0.1) is 0 Å². The summed E-state index contributed by atoms with van der Waals surface area (Å²) < 4.78 is 5.88. The Balaban J connectivity index is 1.96. The van der Waals surface area contributed by atoms with Gasteiger partial charge in [0.1, 0.15) is 17.8 Å². The number of aromatic nitrogens is 2. The number of nitrogens with two attached hydrogens (primary N) is 1.